The van der Waals surface area contributed by atoms with Crippen molar-refractivity contribution in [2.24, 2.45) is 0 Å². The maximum Gasteiger partial charge on any atom is 0.269 e. The van der Waals surface area contributed by atoms with Gasteiger partial charge in [-0.2, -0.15) is 0 Å². The minimum atomic E-state index is -0.436. The molecule has 0 aliphatic rings. The van der Waals surface area contributed by atoms with Crippen molar-refractivity contribution in [3.8, 4) is 0 Å². The Morgan fingerprint density at radius 1 is 1.32 bits per heavy atom. The highest BCUT2D eigenvalue weighted by Gasteiger charge is 2.06. The summed E-state index contributed by atoms with van der Waals surface area (Å²) in [5.74, 6) is 0.337. The number of hydrogen-bond acceptors (Lipinski definition) is 4. The maximum atomic E-state index is 11.5. The van der Waals surface area contributed by atoms with Crippen LogP contribution in [0.2, 0.25) is 0 Å². The molecule has 1 rings (SSSR count). The van der Waals surface area contributed by atoms with Gasteiger partial charge in [-0.3, -0.25) is 14.9 Å². The Bertz CT molecular complexity index is 420. The summed E-state index contributed by atoms with van der Waals surface area (Å²) >= 11 is 1.38. The molecule has 0 aliphatic carbocycles. The molecule has 0 fully saturated rings. The smallest absolute Gasteiger partial charge is 0.269 e. The highest BCUT2D eigenvalue weighted by molar-refractivity contribution is 8.00. The molecule has 0 unspecified atom stereocenters. The van der Waals surface area contributed by atoms with Crippen molar-refractivity contribution >= 4 is 23.4 Å². The van der Waals surface area contributed by atoms with Crippen molar-refractivity contribution in [2.45, 2.75) is 31.1 Å². The van der Waals surface area contributed by atoms with Gasteiger partial charge in [-0.15, -0.1) is 11.8 Å². The molecule has 0 spiro atoms. The van der Waals surface area contributed by atoms with Crippen LogP contribution in [0.5, 0.6) is 0 Å². The number of nitro benzene ring substituents is 1. The number of carbonyl (C=O) groups excluding carboxylic acids is 1. The number of rotatable bonds is 8. The Balaban J connectivity index is 2.28. The molecule has 5 nitrogen and oxygen atoms in total. The summed E-state index contributed by atoms with van der Waals surface area (Å²) in [6.45, 7) is 2.83. The van der Waals surface area contributed by atoms with Crippen LogP contribution in [-0.4, -0.2) is 23.1 Å². The molecule has 1 aromatic carbocycles. The van der Waals surface area contributed by atoms with E-state index in [9.17, 15) is 14.9 Å². The van der Waals surface area contributed by atoms with Gasteiger partial charge in [0, 0.05) is 23.6 Å². The predicted octanol–water partition coefficient (Wildman–Crippen LogP) is 2.99. The molecule has 0 aliphatic heterocycles. The molecule has 19 heavy (non-hydrogen) atoms. The summed E-state index contributed by atoms with van der Waals surface area (Å²) in [4.78, 5) is 22.4. The molecule has 0 aromatic heterocycles. The van der Waals surface area contributed by atoms with Gasteiger partial charge in [-0.25, -0.2) is 0 Å². The van der Waals surface area contributed by atoms with Crippen molar-refractivity contribution in [3.63, 3.8) is 0 Å². The van der Waals surface area contributed by atoms with E-state index in [1.165, 1.54) is 23.9 Å². The second-order valence-corrected chi connectivity index (χ2v) is 5.15. The van der Waals surface area contributed by atoms with Crippen LogP contribution in [0.3, 0.4) is 0 Å². The molecule has 0 saturated carbocycles. The highest BCUT2D eigenvalue weighted by atomic mass is 32.2. The number of thioether (sulfide) groups is 1. The van der Waals surface area contributed by atoms with Crippen molar-refractivity contribution in [2.75, 3.05) is 12.3 Å². The number of benzene rings is 1. The van der Waals surface area contributed by atoms with Gasteiger partial charge in [0.2, 0.25) is 5.91 Å². The van der Waals surface area contributed by atoms with E-state index in [2.05, 4.69) is 12.2 Å². The van der Waals surface area contributed by atoms with Crippen LogP contribution in [0.4, 0.5) is 5.69 Å². The van der Waals surface area contributed by atoms with Gasteiger partial charge < -0.3 is 5.32 Å². The lowest BCUT2D eigenvalue weighted by atomic mass is 10.2. The highest BCUT2D eigenvalue weighted by Crippen LogP contribution is 2.20. The number of nitrogens with zero attached hydrogens (tertiary/aromatic N) is 1. The first-order chi connectivity index (χ1) is 9.13. The molecule has 6 heteroatoms. The SMILES string of the molecule is CCCCCNC(=O)CSc1ccc([N+](=O)[O-])cc1. The van der Waals surface area contributed by atoms with Crippen LogP contribution in [0, 0.1) is 10.1 Å². The van der Waals surface area contributed by atoms with Gasteiger partial charge in [-0.05, 0) is 18.6 Å². The zero-order valence-corrected chi connectivity index (χ0v) is 11.7. The Kier molecular flexibility index (Phi) is 6.95. The molecule has 1 amide bonds. The summed E-state index contributed by atoms with van der Waals surface area (Å²) < 4.78 is 0. The van der Waals surface area contributed by atoms with E-state index >= 15 is 0 Å². The second-order valence-electron chi connectivity index (χ2n) is 4.10. The average molecular weight is 282 g/mol. The van der Waals surface area contributed by atoms with E-state index in [4.69, 9.17) is 0 Å². The largest absolute Gasteiger partial charge is 0.355 e. The molecule has 1 aromatic rings. The third kappa shape index (κ3) is 6.24. The van der Waals surface area contributed by atoms with Gasteiger partial charge in [0.05, 0.1) is 10.7 Å². The van der Waals surface area contributed by atoms with Crippen molar-refractivity contribution in [3.05, 3.63) is 34.4 Å². The topological polar surface area (TPSA) is 72.2 Å². The Morgan fingerprint density at radius 2 is 2.00 bits per heavy atom. The van der Waals surface area contributed by atoms with E-state index in [1.54, 1.807) is 12.1 Å². The van der Waals surface area contributed by atoms with Crippen LogP contribution in [-0.2, 0) is 4.79 Å². The minimum Gasteiger partial charge on any atom is -0.355 e. The second kappa shape index (κ2) is 8.53. The van der Waals surface area contributed by atoms with Crippen LogP contribution >= 0.6 is 11.8 Å². The lowest BCUT2D eigenvalue weighted by molar-refractivity contribution is -0.384. The molecule has 0 atom stereocenters. The first-order valence-electron chi connectivity index (χ1n) is 6.27. The number of non-ortho nitro benzene ring substituents is 1. The van der Waals surface area contributed by atoms with Gasteiger partial charge in [0.1, 0.15) is 0 Å². The number of hydrogen-bond donors (Lipinski definition) is 1. The molecule has 0 radical (unpaired) electrons. The Morgan fingerprint density at radius 3 is 2.58 bits per heavy atom. The molecular formula is C13H18N2O3S. The monoisotopic (exact) mass is 282 g/mol. The zero-order chi connectivity index (χ0) is 14.1. The van der Waals surface area contributed by atoms with Gasteiger partial charge in [-0.1, -0.05) is 19.8 Å². The van der Waals surface area contributed by atoms with Crippen molar-refractivity contribution in [1.29, 1.82) is 0 Å². The molecule has 0 heterocycles. The lowest BCUT2D eigenvalue weighted by Crippen LogP contribution is -2.26. The summed E-state index contributed by atoms with van der Waals surface area (Å²) in [6.07, 6.45) is 3.26. The van der Waals surface area contributed by atoms with E-state index < -0.39 is 4.92 Å². The molecule has 104 valence electrons. The number of nitro groups is 1. The van der Waals surface area contributed by atoms with Crippen molar-refractivity contribution < 1.29 is 9.72 Å². The number of unbranched alkanes of at least 4 members (excludes halogenated alkanes) is 2. The number of amides is 1. The molecular weight excluding hydrogens is 264 g/mol. The Labute approximate surface area is 116 Å². The van der Waals surface area contributed by atoms with E-state index in [0.717, 1.165) is 24.2 Å². The number of carbonyl (C=O) groups is 1. The lowest BCUT2D eigenvalue weighted by Gasteiger charge is -2.04. The molecule has 1 N–H and O–H groups in total. The first kappa shape index (κ1) is 15.5. The van der Waals surface area contributed by atoms with Crippen LogP contribution in [0.1, 0.15) is 26.2 Å². The standard InChI is InChI=1S/C13H18N2O3S/c1-2-3-4-9-14-13(16)10-19-12-7-5-11(6-8-12)15(17)18/h5-8H,2-4,9-10H2,1H3,(H,14,16). The van der Waals surface area contributed by atoms with Crippen LogP contribution in [0.25, 0.3) is 0 Å². The third-order valence-corrected chi connectivity index (χ3v) is 3.53. The third-order valence-electron chi connectivity index (χ3n) is 2.52. The van der Waals surface area contributed by atoms with E-state index in [1.807, 2.05) is 0 Å². The Hall–Kier alpha value is -1.56. The minimum absolute atomic E-state index is 0.000504. The summed E-state index contributed by atoms with van der Waals surface area (Å²) in [6, 6.07) is 6.21. The fourth-order valence-electron chi connectivity index (χ4n) is 1.47. The van der Waals surface area contributed by atoms with Crippen LogP contribution in [0.15, 0.2) is 29.2 Å². The summed E-state index contributed by atoms with van der Waals surface area (Å²) in [5.41, 5.74) is 0.0633. The summed E-state index contributed by atoms with van der Waals surface area (Å²) in [7, 11) is 0. The van der Waals surface area contributed by atoms with E-state index in [-0.39, 0.29) is 11.6 Å². The van der Waals surface area contributed by atoms with Crippen molar-refractivity contribution in [1.82, 2.24) is 5.32 Å². The van der Waals surface area contributed by atoms with E-state index in [0.29, 0.717) is 12.3 Å². The maximum absolute atomic E-state index is 11.5. The predicted molar refractivity (Wildman–Crippen MR) is 76.4 cm³/mol. The average Bonchev–Trinajstić information content (AvgIpc) is 2.42. The normalized spacial score (nSPS) is 10.2. The van der Waals surface area contributed by atoms with Gasteiger partial charge in [0.25, 0.3) is 5.69 Å². The van der Waals surface area contributed by atoms with Gasteiger partial charge >= 0.3 is 0 Å². The quantitative estimate of drug-likeness (QED) is 0.344. The fourth-order valence-corrected chi connectivity index (χ4v) is 2.20. The fraction of sp³-hybridized carbons (Fsp3) is 0.462. The van der Waals surface area contributed by atoms with Crippen LogP contribution < -0.4 is 5.32 Å². The zero-order valence-electron chi connectivity index (χ0n) is 10.9. The van der Waals surface area contributed by atoms with Gasteiger partial charge in [0.15, 0.2) is 0 Å². The molecule has 0 saturated heterocycles. The molecule has 0 bridgehead atoms. The summed E-state index contributed by atoms with van der Waals surface area (Å²) in [5, 5.41) is 13.3. The first-order valence-corrected chi connectivity index (χ1v) is 7.26. The number of nitrogens with one attached hydrogen (secondary N) is 1.